The van der Waals surface area contributed by atoms with Gasteiger partial charge in [0, 0.05) is 49.8 Å². The van der Waals surface area contributed by atoms with Gasteiger partial charge in [-0.1, -0.05) is 83.9 Å². The summed E-state index contributed by atoms with van der Waals surface area (Å²) in [4.78, 5) is 275. The van der Waals surface area contributed by atoms with Crippen molar-refractivity contribution in [2.45, 2.75) is 242 Å². The molecule has 2 heterocycles. The number of carbonyl (C=O) groups is 20. The molecule has 0 bridgehead atoms. The lowest BCUT2D eigenvalue weighted by atomic mass is 9.98. The van der Waals surface area contributed by atoms with E-state index < -0.39 is 261 Å². The number of unbranched alkanes of at least 4 members (excludes halogenated alkanes) is 7. The van der Waals surface area contributed by atoms with E-state index in [-0.39, 0.29) is 45.1 Å². The zero-order valence-corrected chi connectivity index (χ0v) is 63.9. The Kier molecular flexibility index (Phi) is 41.1. The topological polar surface area (TPSA) is 673 Å². The Morgan fingerprint density at radius 1 is 0.566 bits per heavy atom. The number of primary amides is 2. The van der Waals surface area contributed by atoms with Crippen molar-refractivity contribution >= 4 is 129 Å². The summed E-state index contributed by atoms with van der Waals surface area (Å²) in [6, 6.07) is -14.2. The molecule has 0 spiro atoms. The Bertz CT molecular complexity index is 3740. The Balaban J connectivity index is 2.23. The zero-order valence-electron chi connectivity index (χ0n) is 63.9. The average molecular weight is 1600 g/mol. The van der Waals surface area contributed by atoms with Crippen molar-refractivity contribution in [3.8, 4) is 0 Å². The summed E-state index contributed by atoms with van der Waals surface area (Å²) < 4.78 is 5.78. The van der Waals surface area contributed by atoms with Crippen molar-refractivity contribution in [1.29, 1.82) is 0 Å². The molecule has 0 radical (unpaired) electrons. The fraction of sp³-hybridized carbons (Fsp3) is 0.606. The van der Waals surface area contributed by atoms with Gasteiger partial charge < -0.3 is 116 Å². The molecule has 626 valence electrons. The quantitative estimate of drug-likeness (QED) is 0.0223. The lowest BCUT2D eigenvalue weighted by molar-refractivity contribution is -0.159. The smallest absolute Gasteiger partial charge is 0.329 e. The van der Waals surface area contributed by atoms with Crippen molar-refractivity contribution < 1.29 is 121 Å². The standard InChI is InChI=1S/C71H107N17O25/c1-7-9-10-11-12-13-14-22-52(91)78-45(28-39-33-75-41-20-16-15-19-40(39)41)66(107)81-43(23-25-55(94)95)64(105)84-47(30-51(74)90)69(110)87-60-38(5)113-71(112)59(36(3)8-2)86-65(106)44(24-26-56(96)97)82-67(108)46(29-50(73)89)79-53(92)34-76-62(103)48(31-57(98)99)85-63(104)42(21-17-18-27-72)80-68(109)49(32-58(100)101)83-61(102)37(4)77-54(93)35-88(6)70(60)111/h15-16,19-20,33,36-38,42-49,59-60,75H,7-14,17-18,21-32,34-35,72H2,1-6H3,(H2,73,89)(H2,74,90)(H,76,103)(H,77,93)(H,78,91)(H,79,92)(H,80,109)(H,81,107)(H,82,108)(H,83,102)(H,84,105)(H,85,104)(H,86,106)(H,87,110)(H,94,95)(H,96,97)(H,98,99)(H,100,101)/t36-,37-,38+,42+,43+,44-,45-,46+,47-,48-,49-,59-,60-/m0/s1. The minimum absolute atomic E-state index is 0.00488. The van der Waals surface area contributed by atoms with Gasteiger partial charge in [0.25, 0.3) is 0 Å². The highest BCUT2D eigenvalue weighted by molar-refractivity contribution is 6.02. The number of carbonyl (C=O) groups excluding carboxylic acids is 16. The second-order valence-electron chi connectivity index (χ2n) is 27.4. The predicted octanol–water partition coefficient (Wildman–Crippen LogP) is -4.67. The molecule has 113 heavy (non-hydrogen) atoms. The number of nitrogens with zero attached hydrogens (tertiary/aromatic N) is 1. The van der Waals surface area contributed by atoms with Gasteiger partial charge in [-0.3, -0.25) is 91.1 Å². The van der Waals surface area contributed by atoms with Crippen LogP contribution in [0.25, 0.3) is 10.9 Å². The number of nitrogens with two attached hydrogens (primary N) is 3. The number of amides is 15. The maximum atomic E-state index is 14.9. The number of aliphatic carboxylic acids is 4. The van der Waals surface area contributed by atoms with Gasteiger partial charge in [-0.2, -0.15) is 0 Å². The maximum absolute atomic E-state index is 14.9. The summed E-state index contributed by atoms with van der Waals surface area (Å²) in [6.45, 7) is 4.84. The van der Waals surface area contributed by atoms with E-state index in [0.717, 1.165) is 53.0 Å². The lowest BCUT2D eigenvalue weighted by Crippen LogP contribution is -2.62. The highest BCUT2D eigenvalue weighted by Gasteiger charge is 2.41. The number of para-hydroxylation sites is 1. The number of carboxylic acids is 4. The van der Waals surface area contributed by atoms with Gasteiger partial charge in [-0.25, -0.2) is 4.79 Å². The molecule has 42 heteroatoms. The van der Waals surface area contributed by atoms with E-state index in [1.54, 1.807) is 30.5 Å². The minimum Gasteiger partial charge on any atom is -0.481 e. The fourth-order valence-corrected chi connectivity index (χ4v) is 11.6. The average Bonchev–Trinajstić information content (AvgIpc) is 1.75. The second kappa shape index (κ2) is 48.7. The number of hydrogen-bond acceptors (Lipinski definition) is 22. The first-order chi connectivity index (χ1) is 53.3. The Morgan fingerprint density at radius 3 is 1.71 bits per heavy atom. The predicted molar refractivity (Wildman–Crippen MR) is 396 cm³/mol. The molecular weight excluding hydrogens is 1490 g/mol. The number of benzene rings is 1. The molecule has 0 aliphatic carbocycles. The van der Waals surface area contributed by atoms with E-state index in [1.165, 1.54) is 13.8 Å². The maximum Gasteiger partial charge on any atom is 0.329 e. The van der Waals surface area contributed by atoms with Crippen LogP contribution in [0.1, 0.15) is 169 Å². The van der Waals surface area contributed by atoms with Crippen LogP contribution in [0.4, 0.5) is 0 Å². The number of hydrogen-bond donors (Lipinski definition) is 20. The van der Waals surface area contributed by atoms with Gasteiger partial charge in [-0.05, 0) is 76.5 Å². The molecule has 1 aromatic heterocycles. The third-order valence-corrected chi connectivity index (χ3v) is 18.1. The molecule has 1 aliphatic heterocycles. The first-order valence-electron chi connectivity index (χ1n) is 37.0. The number of ether oxygens (including phenoxy) is 1. The number of fused-ring (bicyclic) bond motifs is 1. The molecule has 42 nitrogen and oxygen atoms in total. The number of nitrogens with one attached hydrogen (secondary N) is 13. The number of aromatic nitrogens is 1. The molecular formula is C71H107N17O25. The van der Waals surface area contributed by atoms with Crippen molar-refractivity contribution in [1.82, 2.24) is 73.7 Å². The van der Waals surface area contributed by atoms with Crippen molar-refractivity contribution in [2.24, 2.45) is 23.1 Å². The molecule has 1 fully saturated rings. The molecule has 3 rings (SSSR count). The molecule has 1 aromatic carbocycles. The van der Waals surface area contributed by atoms with Gasteiger partial charge >= 0.3 is 29.8 Å². The Morgan fingerprint density at radius 2 is 1.12 bits per heavy atom. The number of rotatable bonds is 37. The Hall–Kier alpha value is -11.9. The number of H-pyrrole nitrogens is 1. The van der Waals surface area contributed by atoms with E-state index in [1.807, 2.05) is 5.32 Å². The first kappa shape index (κ1) is 95.3. The summed E-state index contributed by atoms with van der Waals surface area (Å²) in [6.07, 6.45) is -2.19. The van der Waals surface area contributed by atoms with Crippen molar-refractivity contribution in [2.75, 3.05) is 26.7 Å². The first-order valence-corrected chi connectivity index (χ1v) is 37.0. The fourth-order valence-electron chi connectivity index (χ4n) is 11.6. The third kappa shape index (κ3) is 34.5. The van der Waals surface area contributed by atoms with Gasteiger partial charge in [-0.15, -0.1) is 0 Å². The van der Waals surface area contributed by atoms with Crippen molar-refractivity contribution in [3.63, 3.8) is 0 Å². The van der Waals surface area contributed by atoms with Crippen LogP contribution in [0.3, 0.4) is 0 Å². The number of cyclic esters (lactones) is 1. The number of likely N-dealkylation sites (N-methyl/N-ethyl adjacent to an activating group) is 1. The third-order valence-electron chi connectivity index (χ3n) is 18.1. The van der Waals surface area contributed by atoms with E-state index in [4.69, 9.17) is 21.9 Å². The zero-order chi connectivity index (χ0) is 84.8. The van der Waals surface area contributed by atoms with Gasteiger partial charge in [0.05, 0.1) is 38.8 Å². The van der Waals surface area contributed by atoms with Crippen LogP contribution in [0.5, 0.6) is 0 Å². The number of carboxylic acid groups (broad SMARTS) is 4. The van der Waals surface area contributed by atoms with E-state index >= 15 is 0 Å². The van der Waals surface area contributed by atoms with Crippen LogP contribution in [0.2, 0.25) is 0 Å². The summed E-state index contributed by atoms with van der Waals surface area (Å²) >= 11 is 0. The van der Waals surface area contributed by atoms with Gasteiger partial charge in [0.1, 0.15) is 72.6 Å². The Labute approximate surface area is 649 Å². The van der Waals surface area contributed by atoms with Crippen LogP contribution in [0, 0.1) is 5.92 Å². The SMILES string of the molecule is CCCCCCCCCC(=O)N[C@@H](Cc1c[nH]c2ccccc12)C(=O)N[C@H](CCC(=O)O)C(=O)N[C@@H](CC(N)=O)C(=O)N[C@@H]1C(=O)N(C)CC(=O)N[C@@H](C)C(=O)N[C@@H](CC(=O)O)C(=O)N[C@H](CCCCN)C(=O)N[C@@H](CC(=O)O)C(=O)NCC(=O)N[C@H](CC(N)=O)C(=O)N[C@@H](CCC(=O)O)C(=O)N[C@@H]([C@@H](C)CC)C(=O)O[C@@H]1C. The molecule has 1 aliphatic rings. The minimum atomic E-state index is -2.26. The van der Waals surface area contributed by atoms with E-state index in [2.05, 4.69) is 70.4 Å². The van der Waals surface area contributed by atoms with E-state index in [9.17, 15) is 116 Å². The molecule has 1 saturated heterocycles. The summed E-state index contributed by atoms with van der Waals surface area (Å²) in [5, 5.41) is 66.9. The molecule has 13 atom stereocenters. The summed E-state index contributed by atoms with van der Waals surface area (Å²) in [5.41, 5.74) is 17.9. The van der Waals surface area contributed by atoms with Gasteiger partial charge in [0.15, 0.2) is 0 Å². The molecule has 2 aromatic rings. The summed E-state index contributed by atoms with van der Waals surface area (Å²) in [7, 11) is 0.948. The van der Waals surface area contributed by atoms with Crippen molar-refractivity contribution in [3.05, 3.63) is 36.0 Å². The normalized spacial score (nSPS) is 21.5. The van der Waals surface area contributed by atoms with E-state index in [0.29, 0.717) is 34.2 Å². The molecule has 23 N–H and O–H groups in total. The lowest BCUT2D eigenvalue weighted by Gasteiger charge is -2.32. The molecule has 15 amide bonds. The van der Waals surface area contributed by atoms with Crippen LogP contribution < -0.4 is 81.0 Å². The number of esters is 1. The van der Waals surface area contributed by atoms with Gasteiger partial charge in [0.2, 0.25) is 88.6 Å². The number of aromatic amines is 1. The highest BCUT2D eigenvalue weighted by atomic mass is 16.5. The summed E-state index contributed by atoms with van der Waals surface area (Å²) in [5.74, 6) is -27.6. The second-order valence-corrected chi connectivity index (χ2v) is 27.4. The molecule has 0 saturated carbocycles. The monoisotopic (exact) mass is 1600 g/mol. The van der Waals surface area contributed by atoms with Crippen LogP contribution >= 0.6 is 0 Å². The highest BCUT2D eigenvalue weighted by Crippen LogP contribution is 2.21. The molecule has 0 unspecified atom stereocenters. The van der Waals surface area contributed by atoms with Crippen LogP contribution in [-0.4, -0.2) is 248 Å². The van der Waals surface area contributed by atoms with Crippen LogP contribution in [0.15, 0.2) is 30.5 Å². The van der Waals surface area contributed by atoms with Crippen LogP contribution in [-0.2, 0) is 107 Å². The largest absolute Gasteiger partial charge is 0.481 e.